The molecule has 0 fully saturated rings. The van der Waals surface area contributed by atoms with Crippen LogP contribution in [-0.2, 0) is 0 Å². The Bertz CT molecular complexity index is 119. The zero-order valence-corrected chi connectivity index (χ0v) is 9.75. The lowest BCUT2D eigenvalue weighted by Crippen LogP contribution is -2.46. The fourth-order valence-electron chi connectivity index (χ4n) is 0.906. The highest BCUT2D eigenvalue weighted by molar-refractivity contribution is 6.58. The van der Waals surface area contributed by atoms with Gasteiger partial charge in [0.25, 0.3) is 0 Å². The standard InChI is InChI=1S/C8H21N3Si/c1-5-9-12(10-6-2)8-7-11(3)4/h7-10,12H,5-6H2,1-4H3. The SMILES string of the molecule is CCN[SiH](C=CN(C)C)NCC. The average Bonchev–Trinajstić information content (AvgIpc) is 2.01. The predicted molar refractivity (Wildman–Crippen MR) is 57.3 cm³/mol. The van der Waals surface area contributed by atoms with E-state index in [2.05, 4.69) is 40.6 Å². The highest BCUT2D eigenvalue weighted by Crippen LogP contribution is 1.80. The Balaban J connectivity index is 3.76. The minimum absolute atomic E-state index is 1.01. The fourth-order valence-corrected chi connectivity index (χ4v) is 2.72. The van der Waals surface area contributed by atoms with Crippen molar-refractivity contribution in [2.24, 2.45) is 0 Å². The van der Waals surface area contributed by atoms with Gasteiger partial charge in [-0.05, 0) is 19.3 Å². The predicted octanol–water partition coefficient (Wildman–Crippen LogP) is 0.0404. The molecule has 0 amide bonds. The lowest BCUT2D eigenvalue weighted by molar-refractivity contribution is 0.564. The molecule has 3 nitrogen and oxygen atoms in total. The molecule has 0 unspecified atom stereocenters. The van der Waals surface area contributed by atoms with E-state index in [1.165, 1.54) is 0 Å². The molecule has 0 radical (unpaired) electrons. The molecule has 0 bridgehead atoms. The molecule has 0 heterocycles. The smallest absolute Gasteiger partial charge is 0.211 e. The van der Waals surface area contributed by atoms with Crippen LogP contribution in [0.15, 0.2) is 11.9 Å². The van der Waals surface area contributed by atoms with Crippen LogP contribution in [0.25, 0.3) is 0 Å². The Labute approximate surface area is 77.6 Å². The Hall–Kier alpha value is -0.323. The highest BCUT2D eigenvalue weighted by atomic mass is 28.3. The van der Waals surface area contributed by atoms with E-state index >= 15 is 0 Å². The molecule has 0 aromatic heterocycles. The van der Waals surface area contributed by atoms with Crippen molar-refractivity contribution in [3.05, 3.63) is 11.9 Å². The van der Waals surface area contributed by atoms with E-state index in [1.807, 2.05) is 14.1 Å². The normalized spacial score (nSPS) is 11.4. The third kappa shape index (κ3) is 6.39. The van der Waals surface area contributed by atoms with Crippen molar-refractivity contribution in [3.8, 4) is 0 Å². The Morgan fingerprint density at radius 2 is 1.67 bits per heavy atom. The van der Waals surface area contributed by atoms with Crippen LogP contribution in [0.5, 0.6) is 0 Å². The minimum Gasteiger partial charge on any atom is -0.384 e. The second kappa shape index (κ2) is 7.33. The Morgan fingerprint density at radius 1 is 1.17 bits per heavy atom. The summed E-state index contributed by atoms with van der Waals surface area (Å²) in [5.41, 5.74) is 2.26. The number of nitrogens with one attached hydrogen (secondary N) is 2. The topological polar surface area (TPSA) is 27.3 Å². The van der Waals surface area contributed by atoms with Crippen LogP contribution in [0.1, 0.15) is 13.8 Å². The Kier molecular flexibility index (Phi) is 7.14. The van der Waals surface area contributed by atoms with Gasteiger partial charge in [0.15, 0.2) is 0 Å². The van der Waals surface area contributed by atoms with E-state index in [0.29, 0.717) is 0 Å². The van der Waals surface area contributed by atoms with E-state index in [4.69, 9.17) is 0 Å². The highest BCUT2D eigenvalue weighted by Gasteiger charge is 2.01. The van der Waals surface area contributed by atoms with Crippen LogP contribution in [0.4, 0.5) is 0 Å². The third-order valence-corrected chi connectivity index (χ3v) is 3.68. The first-order valence-corrected chi connectivity index (χ1v) is 6.34. The second-order valence-corrected chi connectivity index (χ2v) is 5.05. The molecule has 0 aliphatic rings. The number of nitrogens with zero attached hydrogens (tertiary/aromatic N) is 1. The van der Waals surface area contributed by atoms with E-state index in [-0.39, 0.29) is 0 Å². The minimum atomic E-state index is -1.01. The third-order valence-electron chi connectivity index (χ3n) is 1.42. The van der Waals surface area contributed by atoms with Gasteiger partial charge in [-0.15, -0.1) is 0 Å². The molecule has 0 aliphatic carbocycles. The summed E-state index contributed by atoms with van der Waals surface area (Å²) in [4.78, 5) is 8.97. The summed E-state index contributed by atoms with van der Waals surface area (Å²) in [5.74, 6) is 0. The van der Waals surface area contributed by atoms with Crippen molar-refractivity contribution in [2.45, 2.75) is 13.8 Å². The quantitative estimate of drug-likeness (QED) is 0.575. The molecule has 4 heteroatoms. The van der Waals surface area contributed by atoms with Crippen LogP contribution in [0, 0.1) is 0 Å². The van der Waals surface area contributed by atoms with Crippen molar-refractivity contribution < 1.29 is 0 Å². The fraction of sp³-hybridized carbons (Fsp3) is 0.750. The second-order valence-electron chi connectivity index (χ2n) is 2.90. The van der Waals surface area contributed by atoms with Crippen molar-refractivity contribution >= 4 is 9.12 Å². The van der Waals surface area contributed by atoms with Gasteiger partial charge in [-0.2, -0.15) is 0 Å². The zero-order valence-electron chi connectivity index (χ0n) is 8.59. The molecular formula is C8H21N3Si. The molecule has 0 saturated heterocycles. The molecule has 72 valence electrons. The van der Waals surface area contributed by atoms with Crippen molar-refractivity contribution in [2.75, 3.05) is 27.2 Å². The summed E-state index contributed by atoms with van der Waals surface area (Å²) < 4.78 is 0. The molecule has 0 aromatic carbocycles. The van der Waals surface area contributed by atoms with Gasteiger partial charge in [-0.3, -0.25) is 0 Å². The van der Waals surface area contributed by atoms with E-state index in [9.17, 15) is 0 Å². The van der Waals surface area contributed by atoms with Crippen molar-refractivity contribution in [1.82, 2.24) is 14.9 Å². The van der Waals surface area contributed by atoms with Crippen LogP contribution in [0.2, 0.25) is 0 Å². The number of hydrogen-bond donors (Lipinski definition) is 2. The van der Waals surface area contributed by atoms with E-state index in [0.717, 1.165) is 13.1 Å². The van der Waals surface area contributed by atoms with Gasteiger partial charge in [0.1, 0.15) is 0 Å². The summed E-state index contributed by atoms with van der Waals surface area (Å²) in [6, 6.07) is 0. The van der Waals surface area contributed by atoms with Gasteiger partial charge >= 0.3 is 0 Å². The van der Waals surface area contributed by atoms with Crippen LogP contribution in [0.3, 0.4) is 0 Å². The summed E-state index contributed by atoms with van der Waals surface area (Å²) in [6.07, 6.45) is 2.11. The van der Waals surface area contributed by atoms with Crippen LogP contribution < -0.4 is 9.96 Å². The van der Waals surface area contributed by atoms with Gasteiger partial charge in [0.2, 0.25) is 9.12 Å². The maximum absolute atomic E-state index is 3.45. The molecule has 0 rings (SSSR count). The molecule has 0 saturated carbocycles. The van der Waals surface area contributed by atoms with Crippen LogP contribution in [-0.4, -0.2) is 41.2 Å². The largest absolute Gasteiger partial charge is 0.384 e. The van der Waals surface area contributed by atoms with Gasteiger partial charge in [-0.1, -0.05) is 19.5 Å². The maximum atomic E-state index is 3.45. The van der Waals surface area contributed by atoms with E-state index in [1.54, 1.807) is 0 Å². The summed E-state index contributed by atoms with van der Waals surface area (Å²) in [7, 11) is 3.07. The molecule has 2 N–H and O–H groups in total. The molecule has 0 aliphatic heterocycles. The summed E-state index contributed by atoms with van der Waals surface area (Å²) in [5, 5.41) is 0. The maximum Gasteiger partial charge on any atom is 0.211 e. The van der Waals surface area contributed by atoms with Gasteiger partial charge in [0.05, 0.1) is 0 Å². The van der Waals surface area contributed by atoms with Crippen LogP contribution >= 0.6 is 0 Å². The molecule has 12 heavy (non-hydrogen) atoms. The van der Waals surface area contributed by atoms with Gasteiger partial charge in [-0.25, -0.2) is 0 Å². The van der Waals surface area contributed by atoms with Gasteiger partial charge in [0, 0.05) is 14.1 Å². The van der Waals surface area contributed by atoms with Crippen molar-refractivity contribution in [1.29, 1.82) is 0 Å². The monoisotopic (exact) mass is 187 g/mol. The lowest BCUT2D eigenvalue weighted by atomic mass is 10.8. The molecule has 0 atom stereocenters. The Morgan fingerprint density at radius 3 is 2.00 bits per heavy atom. The van der Waals surface area contributed by atoms with Gasteiger partial charge < -0.3 is 14.9 Å². The summed E-state index contributed by atoms with van der Waals surface area (Å²) >= 11 is 0. The summed E-state index contributed by atoms with van der Waals surface area (Å²) in [6.45, 7) is 6.37. The molecule has 0 aromatic rings. The molecule has 0 spiro atoms. The zero-order chi connectivity index (χ0) is 9.40. The lowest BCUT2D eigenvalue weighted by Gasteiger charge is -2.13. The first-order chi connectivity index (χ1) is 5.70. The van der Waals surface area contributed by atoms with Crippen molar-refractivity contribution in [3.63, 3.8) is 0 Å². The first-order valence-electron chi connectivity index (χ1n) is 4.52. The average molecular weight is 187 g/mol. The number of hydrogen-bond acceptors (Lipinski definition) is 3. The first kappa shape index (κ1) is 11.7. The number of rotatable bonds is 6. The molecular weight excluding hydrogens is 166 g/mol. The van der Waals surface area contributed by atoms with E-state index < -0.39 is 9.12 Å².